The molecule has 0 radical (unpaired) electrons. The third-order valence-corrected chi connectivity index (χ3v) is 4.34. The van der Waals surface area contributed by atoms with Gasteiger partial charge in [0.15, 0.2) is 0 Å². The van der Waals surface area contributed by atoms with E-state index < -0.39 is 0 Å². The normalized spacial score (nSPS) is 10.6. The average molecular weight is 311 g/mol. The van der Waals surface area contributed by atoms with Crippen LogP contribution < -0.4 is 5.32 Å². The van der Waals surface area contributed by atoms with Gasteiger partial charge in [0.25, 0.3) is 0 Å². The first-order valence-electron chi connectivity index (χ1n) is 7.11. The van der Waals surface area contributed by atoms with Crippen LogP contribution in [-0.4, -0.2) is 15.5 Å². The smallest absolute Gasteiger partial charge is 0.225 e. The zero-order valence-electron chi connectivity index (χ0n) is 12.3. The standard InChI is InChI=1S/C17H17N3OS/c1-13-18-8-9-20(13)16-7-3-2-5-14(16)12-19-17(21)11-15-6-4-10-22-15/h2-10H,11-12H2,1H3,(H,19,21). The Morgan fingerprint density at radius 2 is 2.14 bits per heavy atom. The lowest BCUT2D eigenvalue weighted by Crippen LogP contribution is -2.24. The average Bonchev–Trinajstić information content (AvgIpc) is 3.17. The van der Waals surface area contributed by atoms with Crippen molar-refractivity contribution in [2.24, 2.45) is 0 Å². The Labute approximate surface area is 133 Å². The molecule has 0 atom stereocenters. The first-order valence-corrected chi connectivity index (χ1v) is 7.99. The summed E-state index contributed by atoms with van der Waals surface area (Å²) in [7, 11) is 0. The third kappa shape index (κ3) is 3.26. The number of carbonyl (C=O) groups is 1. The summed E-state index contributed by atoms with van der Waals surface area (Å²) in [5.74, 6) is 0.969. The van der Waals surface area contributed by atoms with Crippen LogP contribution in [0, 0.1) is 6.92 Å². The molecule has 2 aromatic heterocycles. The van der Waals surface area contributed by atoms with Gasteiger partial charge in [0.05, 0.1) is 12.1 Å². The Bertz CT molecular complexity index is 762. The molecule has 1 amide bonds. The van der Waals surface area contributed by atoms with E-state index in [0.717, 1.165) is 22.0 Å². The number of benzene rings is 1. The maximum absolute atomic E-state index is 12.0. The van der Waals surface area contributed by atoms with Gasteiger partial charge in [0.2, 0.25) is 5.91 Å². The molecule has 0 saturated heterocycles. The van der Waals surface area contributed by atoms with Crippen molar-refractivity contribution >= 4 is 17.2 Å². The number of aryl methyl sites for hydroxylation is 1. The molecular weight excluding hydrogens is 294 g/mol. The summed E-state index contributed by atoms with van der Waals surface area (Å²) in [6, 6.07) is 12.0. The topological polar surface area (TPSA) is 46.9 Å². The molecule has 1 N–H and O–H groups in total. The van der Waals surface area contributed by atoms with Gasteiger partial charge >= 0.3 is 0 Å². The van der Waals surface area contributed by atoms with Crippen molar-refractivity contribution < 1.29 is 4.79 Å². The van der Waals surface area contributed by atoms with Gasteiger partial charge in [-0.05, 0) is 30.0 Å². The number of thiophene rings is 1. The molecule has 0 aliphatic carbocycles. The fourth-order valence-corrected chi connectivity index (χ4v) is 3.06. The molecule has 0 aliphatic heterocycles. The van der Waals surface area contributed by atoms with Gasteiger partial charge < -0.3 is 9.88 Å². The summed E-state index contributed by atoms with van der Waals surface area (Å²) in [5.41, 5.74) is 2.12. The summed E-state index contributed by atoms with van der Waals surface area (Å²) < 4.78 is 2.03. The lowest BCUT2D eigenvalue weighted by Gasteiger charge is -2.12. The molecule has 3 rings (SSSR count). The number of hydrogen-bond acceptors (Lipinski definition) is 3. The van der Waals surface area contributed by atoms with Crippen molar-refractivity contribution in [1.29, 1.82) is 0 Å². The van der Waals surface area contributed by atoms with E-state index in [2.05, 4.69) is 10.3 Å². The molecule has 0 spiro atoms. The van der Waals surface area contributed by atoms with Gasteiger partial charge in [-0.1, -0.05) is 24.3 Å². The monoisotopic (exact) mass is 311 g/mol. The molecule has 22 heavy (non-hydrogen) atoms. The molecular formula is C17H17N3OS. The number of nitrogens with one attached hydrogen (secondary N) is 1. The van der Waals surface area contributed by atoms with Gasteiger partial charge in [-0.3, -0.25) is 4.79 Å². The van der Waals surface area contributed by atoms with Crippen LogP contribution in [0.2, 0.25) is 0 Å². The van der Waals surface area contributed by atoms with Gasteiger partial charge in [-0.25, -0.2) is 4.98 Å². The number of rotatable bonds is 5. The summed E-state index contributed by atoms with van der Waals surface area (Å²) in [4.78, 5) is 17.4. The van der Waals surface area contributed by atoms with Crippen molar-refractivity contribution in [3.05, 3.63) is 70.4 Å². The zero-order chi connectivity index (χ0) is 15.4. The highest BCUT2D eigenvalue weighted by Crippen LogP contribution is 2.16. The molecule has 2 heterocycles. The minimum absolute atomic E-state index is 0.0413. The lowest BCUT2D eigenvalue weighted by atomic mass is 10.1. The zero-order valence-corrected chi connectivity index (χ0v) is 13.1. The highest BCUT2D eigenvalue weighted by atomic mass is 32.1. The molecule has 5 heteroatoms. The predicted octanol–water partition coefficient (Wildman–Crippen LogP) is 3.10. The Hall–Kier alpha value is -2.40. The van der Waals surface area contributed by atoms with Crippen molar-refractivity contribution in [2.45, 2.75) is 19.9 Å². The minimum atomic E-state index is 0.0413. The highest BCUT2D eigenvalue weighted by Gasteiger charge is 2.08. The van der Waals surface area contributed by atoms with E-state index in [1.165, 1.54) is 0 Å². The quantitative estimate of drug-likeness (QED) is 0.787. The summed E-state index contributed by atoms with van der Waals surface area (Å²) in [6.07, 6.45) is 4.15. The SMILES string of the molecule is Cc1nccn1-c1ccccc1CNC(=O)Cc1cccs1. The number of nitrogens with zero attached hydrogens (tertiary/aromatic N) is 2. The molecule has 4 nitrogen and oxygen atoms in total. The molecule has 0 aliphatic rings. The molecule has 0 saturated carbocycles. The van der Waals surface area contributed by atoms with Gasteiger partial charge in [-0.2, -0.15) is 0 Å². The van der Waals surface area contributed by atoms with Crippen LogP contribution >= 0.6 is 11.3 Å². The molecule has 3 aromatic rings. The van der Waals surface area contributed by atoms with Crippen molar-refractivity contribution in [3.63, 3.8) is 0 Å². The predicted molar refractivity (Wildman–Crippen MR) is 88.2 cm³/mol. The number of imidazole rings is 1. The van der Waals surface area contributed by atoms with Crippen LogP contribution in [0.4, 0.5) is 0 Å². The number of amides is 1. The Kier molecular flexibility index (Phi) is 4.34. The molecule has 1 aromatic carbocycles. The maximum Gasteiger partial charge on any atom is 0.225 e. The number of aromatic nitrogens is 2. The van der Waals surface area contributed by atoms with E-state index >= 15 is 0 Å². The first-order chi connectivity index (χ1) is 10.7. The second-order valence-electron chi connectivity index (χ2n) is 5.01. The molecule has 112 valence electrons. The number of hydrogen-bond donors (Lipinski definition) is 1. The molecule has 0 bridgehead atoms. The van der Waals surface area contributed by atoms with Gasteiger partial charge in [0, 0.05) is 23.8 Å². The van der Waals surface area contributed by atoms with Crippen molar-refractivity contribution in [2.75, 3.05) is 0 Å². The van der Waals surface area contributed by atoms with E-state index in [1.807, 2.05) is 59.5 Å². The highest BCUT2D eigenvalue weighted by molar-refractivity contribution is 7.10. The summed E-state index contributed by atoms with van der Waals surface area (Å²) >= 11 is 1.60. The molecule has 0 fully saturated rings. The maximum atomic E-state index is 12.0. The second-order valence-corrected chi connectivity index (χ2v) is 6.04. The van der Waals surface area contributed by atoms with E-state index in [1.54, 1.807) is 17.5 Å². The van der Waals surface area contributed by atoms with Gasteiger partial charge in [0.1, 0.15) is 5.82 Å². The fourth-order valence-electron chi connectivity index (χ4n) is 2.36. The summed E-state index contributed by atoms with van der Waals surface area (Å²) in [5, 5.41) is 4.98. The van der Waals surface area contributed by atoms with Crippen molar-refractivity contribution in [1.82, 2.24) is 14.9 Å². The van der Waals surface area contributed by atoms with E-state index in [0.29, 0.717) is 13.0 Å². The Morgan fingerprint density at radius 3 is 2.86 bits per heavy atom. The van der Waals surface area contributed by atoms with Crippen LogP contribution in [0.3, 0.4) is 0 Å². The van der Waals surface area contributed by atoms with Crippen LogP contribution in [0.15, 0.2) is 54.2 Å². The van der Waals surface area contributed by atoms with Crippen LogP contribution in [0.5, 0.6) is 0 Å². The number of para-hydroxylation sites is 1. The van der Waals surface area contributed by atoms with Gasteiger partial charge in [-0.15, -0.1) is 11.3 Å². The lowest BCUT2D eigenvalue weighted by molar-refractivity contribution is -0.120. The van der Waals surface area contributed by atoms with Crippen LogP contribution in [0.1, 0.15) is 16.3 Å². The fraction of sp³-hybridized carbons (Fsp3) is 0.176. The van der Waals surface area contributed by atoms with Crippen molar-refractivity contribution in [3.8, 4) is 5.69 Å². The number of carbonyl (C=O) groups excluding carboxylic acids is 1. The summed E-state index contributed by atoms with van der Waals surface area (Å²) in [6.45, 7) is 2.48. The van der Waals surface area contributed by atoms with E-state index in [4.69, 9.17) is 0 Å². The second kappa shape index (κ2) is 6.58. The van der Waals surface area contributed by atoms with Crippen LogP contribution in [0.25, 0.3) is 5.69 Å². The minimum Gasteiger partial charge on any atom is -0.352 e. The largest absolute Gasteiger partial charge is 0.352 e. The van der Waals surface area contributed by atoms with Crippen LogP contribution in [-0.2, 0) is 17.8 Å². The Morgan fingerprint density at radius 1 is 1.27 bits per heavy atom. The molecule has 0 unspecified atom stereocenters. The first kappa shape index (κ1) is 14.5. The van der Waals surface area contributed by atoms with E-state index in [9.17, 15) is 4.79 Å². The Balaban J connectivity index is 1.71. The van der Waals surface area contributed by atoms with E-state index in [-0.39, 0.29) is 5.91 Å². The third-order valence-electron chi connectivity index (χ3n) is 3.47.